The van der Waals surface area contributed by atoms with Crippen molar-refractivity contribution in [3.8, 4) is 0 Å². The van der Waals surface area contributed by atoms with Gasteiger partial charge in [0.2, 0.25) is 5.91 Å². The molecule has 2 aliphatic heterocycles. The fourth-order valence-corrected chi connectivity index (χ4v) is 3.04. The Hall–Kier alpha value is -1.59. The second kappa shape index (κ2) is 4.59. The number of amides is 1. The molecule has 2 aliphatic rings. The molecular formula is C12H17NO5. The monoisotopic (exact) mass is 255 g/mol. The van der Waals surface area contributed by atoms with Crippen molar-refractivity contribution in [3.63, 3.8) is 0 Å². The third kappa shape index (κ3) is 1.76. The average Bonchev–Trinajstić information content (AvgIpc) is 2.71. The minimum atomic E-state index is -1.04. The van der Waals surface area contributed by atoms with E-state index in [4.69, 9.17) is 9.84 Å². The van der Waals surface area contributed by atoms with Crippen LogP contribution in [0.25, 0.3) is 0 Å². The fourth-order valence-electron chi connectivity index (χ4n) is 3.04. The molecule has 1 N–H and O–H groups in total. The number of nitrogens with zero attached hydrogens (tertiary/aromatic N) is 1. The van der Waals surface area contributed by atoms with Gasteiger partial charge in [0, 0.05) is 6.42 Å². The Morgan fingerprint density at radius 3 is 2.83 bits per heavy atom. The predicted octanol–water partition coefficient (Wildman–Crippen LogP) is 0.548. The summed E-state index contributed by atoms with van der Waals surface area (Å²) in [5.74, 6) is -1.75. The van der Waals surface area contributed by atoms with Crippen LogP contribution in [-0.4, -0.2) is 46.0 Å². The number of carbonyl (C=O) groups excluding carboxylic acids is 2. The van der Waals surface area contributed by atoms with Gasteiger partial charge in [-0.15, -0.1) is 0 Å². The lowest BCUT2D eigenvalue weighted by Gasteiger charge is -2.41. The largest absolute Gasteiger partial charge is 0.480 e. The minimum Gasteiger partial charge on any atom is -0.480 e. The first-order chi connectivity index (χ1) is 8.53. The van der Waals surface area contributed by atoms with E-state index in [0.717, 1.165) is 0 Å². The van der Waals surface area contributed by atoms with E-state index >= 15 is 0 Å². The number of carbonyl (C=O) groups is 3. The van der Waals surface area contributed by atoms with Gasteiger partial charge >= 0.3 is 11.9 Å². The number of fused-ring (bicyclic) bond motifs is 1. The highest BCUT2D eigenvalue weighted by Crippen LogP contribution is 2.42. The van der Waals surface area contributed by atoms with Crippen molar-refractivity contribution in [2.45, 2.75) is 50.6 Å². The first-order valence-corrected chi connectivity index (χ1v) is 6.25. The highest BCUT2D eigenvalue weighted by atomic mass is 16.5. The number of esters is 1. The van der Waals surface area contributed by atoms with E-state index in [-0.39, 0.29) is 12.5 Å². The molecule has 2 heterocycles. The second-order valence-corrected chi connectivity index (χ2v) is 4.76. The minimum absolute atomic E-state index is 0.236. The number of hydrogen-bond donors (Lipinski definition) is 1. The summed E-state index contributed by atoms with van der Waals surface area (Å²) in [6, 6.07) is -0.887. The highest BCUT2D eigenvalue weighted by molar-refractivity contribution is 5.94. The van der Waals surface area contributed by atoms with Crippen LogP contribution in [0.5, 0.6) is 0 Å². The summed E-state index contributed by atoms with van der Waals surface area (Å²) in [4.78, 5) is 36.5. The SMILES string of the molecule is CCOC(=O)[C@@]12CCCC(=O)N1[C@H](C(=O)O)CC2. The molecule has 0 saturated carbocycles. The lowest BCUT2D eigenvalue weighted by Crippen LogP contribution is -2.59. The van der Waals surface area contributed by atoms with Gasteiger partial charge < -0.3 is 14.7 Å². The molecule has 2 atom stereocenters. The maximum absolute atomic E-state index is 12.1. The molecule has 0 aliphatic carbocycles. The van der Waals surface area contributed by atoms with E-state index in [1.807, 2.05) is 0 Å². The maximum atomic E-state index is 12.1. The lowest BCUT2D eigenvalue weighted by molar-refractivity contribution is -0.169. The number of piperidine rings is 1. The van der Waals surface area contributed by atoms with Gasteiger partial charge in [-0.1, -0.05) is 0 Å². The number of hydrogen-bond acceptors (Lipinski definition) is 4. The zero-order valence-corrected chi connectivity index (χ0v) is 10.3. The van der Waals surface area contributed by atoms with Crippen molar-refractivity contribution < 1.29 is 24.2 Å². The Bertz CT molecular complexity index is 394. The molecular weight excluding hydrogens is 238 g/mol. The normalized spacial score (nSPS) is 31.1. The van der Waals surface area contributed by atoms with Crippen LogP contribution in [0.15, 0.2) is 0 Å². The molecule has 0 aromatic rings. The molecule has 6 nitrogen and oxygen atoms in total. The molecule has 0 radical (unpaired) electrons. The average molecular weight is 255 g/mol. The third-order valence-electron chi connectivity index (χ3n) is 3.79. The predicted molar refractivity (Wildman–Crippen MR) is 60.7 cm³/mol. The molecule has 0 bridgehead atoms. The van der Waals surface area contributed by atoms with Crippen molar-refractivity contribution in [1.82, 2.24) is 4.90 Å². The van der Waals surface area contributed by atoms with Gasteiger partial charge in [-0.05, 0) is 32.6 Å². The Kier molecular flexibility index (Phi) is 3.28. The van der Waals surface area contributed by atoms with E-state index in [9.17, 15) is 14.4 Å². The van der Waals surface area contributed by atoms with Gasteiger partial charge in [0.05, 0.1) is 6.61 Å². The number of carboxylic acids is 1. The zero-order chi connectivity index (χ0) is 13.3. The van der Waals surface area contributed by atoms with E-state index in [1.54, 1.807) is 6.92 Å². The van der Waals surface area contributed by atoms with Gasteiger partial charge in [0.15, 0.2) is 0 Å². The van der Waals surface area contributed by atoms with E-state index < -0.39 is 23.5 Å². The Balaban J connectivity index is 2.34. The standard InChI is InChI=1S/C12H17NO5/c1-2-18-11(17)12-6-3-4-9(14)13(12)8(5-7-12)10(15)16/h8H,2-7H2,1H3,(H,15,16)/t8-,12-/m0/s1. The third-order valence-corrected chi connectivity index (χ3v) is 3.79. The Morgan fingerprint density at radius 2 is 2.22 bits per heavy atom. The van der Waals surface area contributed by atoms with Crippen LogP contribution in [0.1, 0.15) is 39.0 Å². The van der Waals surface area contributed by atoms with Crippen molar-refractivity contribution >= 4 is 17.8 Å². The van der Waals surface area contributed by atoms with Crippen LogP contribution >= 0.6 is 0 Å². The van der Waals surface area contributed by atoms with E-state index in [1.165, 1.54) is 4.90 Å². The summed E-state index contributed by atoms with van der Waals surface area (Å²) >= 11 is 0. The first-order valence-electron chi connectivity index (χ1n) is 6.25. The zero-order valence-electron chi connectivity index (χ0n) is 10.3. The van der Waals surface area contributed by atoms with Crippen molar-refractivity contribution in [2.75, 3.05) is 6.61 Å². The Labute approximate surface area is 105 Å². The van der Waals surface area contributed by atoms with Gasteiger partial charge in [0.25, 0.3) is 0 Å². The molecule has 0 unspecified atom stereocenters. The lowest BCUT2D eigenvalue weighted by atomic mass is 9.86. The quantitative estimate of drug-likeness (QED) is 0.744. The molecule has 2 fully saturated rings. The smallest absolute Gasteiger partial charge is 0.332 e. The summed E-state index contributed by atoms with van der Waals surface area (Å²) in [5, 5.41) is 9.15. The van der Waals surface area contributed by atoms with Crippen LogP contribution in [0.3, 0.4) is 0 Å². The van der Waals surface area contributed by atoms with Gasteiger partial charge in [0.1, 0.15) is 11.6 Å². The van der Waals surface area contributed by atoms with Crippen LogP contribution in [0.4, 0.5) is 0 Å². The van der Waals surface area contributed by atoms with E-state index in [2.05, 4.69) is 0 Å². The summed E-state index contributed by atoms with van der Waals surface area (Å²) in [5.41, 5.74) is -1.03. The molecule has 0 aromatic carbocycles. The van der Waals surface area contributed by atoms with Crippen molar-refractivity contribution in [2.24, 2.45) is 0 Å². The number of rotatable bonds is 3. The first kappa shape index (κ1) is 12.9. The van der Waals surface area contributed by atoms with E-state index in [0.29, 0.717) is 32.1 Å². The van der Waals surface area contributed by atoms with Crippen LogP contribution < -0.4 is 0 Å². The van der Waals surface area contributed by atoms with Crippen LogP contribution in [0, 0.1) is 0 Å². The summed E-state index contributed by atoms with van der Waals surface area (Å²) in [6.07, 6.45) is 2.13. The molecule has 18 heavy (non-hydrogen) atoms. The molecule has 2 saturated heterocycles. The summed E-state index contributed by atoms with van der Waals surface area (Å²) in [6.45, 7) is 1.94. The Morgan fingerprint density at radius 1 is 1.50 bits per heavy atom. The van der Waals surface area contributed by atoms with Crippen LogP contribution in [0.2, 0.25) is 0 Å². The molecule has 2 rings (SSSR count). The molecule has 6 heteroatoms. The van der Waals surface area contributed by atoms with Crippen molar-refractivity contribution in [1.29, 1.82) is 0 Å². The second-order valence-electron chi connectivity index (χ2n) is 4.76. The molecule has 1 amide bonds. The summed E-state index contributed by atoms with van der Waals surface area (Å²) in [7, 11) is 0. The van der Waals surface area contributed by atoms with Gasteiger partial charge in [-0.25, -0.2) is 9.59 Å². The van der Waals surface area contributed by atoms with Crippen molar-refractivity contribution in [3.05, 3.63) is 0 Å². The number of aliphatic carboxylic acids is 1. The van der Waals surface area contributed by atoms with Crippen LogP contribution in [-0.2, 0) is 19.1 Å². The number of carboxylic acid groups (broad SMARTS) is 1. The molecule has 0 aromatic heterocycles. The fraction of sp³-hybridized carbons (Fsp3) is 0.750. The van der Waals surface area contributed by atoms with Gasteiger partial charge in [-0.2, -0.15) is 0 Å². The maximum Gasteiger partial charge on any atom is 0.332 e. The van der Waals surface area contributed by atoms with Gasteiger partial charge in [-0.3, -0.25) is 4.79 Å². The molecule has 0 spiro atoms. The molecule has 100 valence electrons. The number of ether oxygens (including phenoxy) is 1. The highest BCUT2D eigenvalue weighted by Gasteiger charge is 2.58. The topological polar surface area (TPSA) is 83.9 Å². The summed E-state index contributed by atoms with van der Waals surface area (Å²) < 4.78 is 5.04.